The van der Waals surface area contributed by atoms with Gasteiger partial charge in [-0.1, -0.05) is 0 Å². The molecule has 2 rings (SSSR count). The minimum Gasteiger partial charge on any atom is -0.475 e. The molecule has 0 atom stereocenters. The second-order valence-corrected chi connectivity index (χ2v) is 4.29. The Morgan fingerprint density at radius 2 is 2.33 bits per heavy atom. The van der Waals surface area contributed by atoms with Crippen molar-refractivity contribution in [2.24, 2.45) is 0 Å². The van der Waals surface area contributed by atoms with E-state index < -0.39 is 5.97 Å². The number of carboxylic acids is 1. The molecule has 0 unspecified atom stereocenters. The number of hydrogen-bond donors (Lipinski definition) is 2. The van der Waals surface area contributed by atoms with Gasteiger partial charge in [0.2, 0.25) is 5.76 Å². The van der Waals surface area contributed by atoms with Gasteiger partial charge in [-0.25, -0.2) is 4.79 Å². The fourth-order valence-corrected chi connectivity index (χ4v) is 1.85. The maximum Gasteiger partial charge on any atom is 0.372 e. The molecule has 0 spiro atoms. The summed E-state index contributed by atoms with van der Waals surface area (Å²) in [7, 11) is 1.96. The lowest BCUT2D eigenvalue weighted by Gasteiger charge is -2.15. The molecule has 0 saturated carbocycles. The lowest BCUT2D eigenvalue weighted by atomic mass is 10.2. The first-order valence-electron chi connectivity index (χ1n) is 5.76. The van der Waals surface area contributed by atoms with Crippen LogP contribution in [0.5, 0.6) is 0 Å². The zero-order chi connectivity index (χ0) is 13.0. The van der Waals surface area contributed by atoms with Crippen molar-refractivity contribution < 1.29 is 14.3 Å². The molecule has 18 heavy (non-hydrogen) atoms. The van der Waals surface area contributed by atoms with Gasteiger partial charge < -0.3 is 19.4 Å². The van der Waals surface area contributed by atoms with Gasteiger partial charge in [0.05, 0.1) is 6.26 Å². The molecule has 5 heteroatoms. The standard InChI is InChI=1S/C13H16N2O3/c1-15(6-3-10-2-5-14-8-10)9-11-4-7-18-12(11)13(16)17/h2,4-5,7-8,14H,3,6,9H2,1H3,(H,16,17). The van der Waals surface area contributed by atoms with E-state index >= 15 is 0 Å². The number of aromatic nitrogens is 1. The van der Waals surface area contributed by atoms with Gasteiger partial charge in [0, 0.05) is 31.0 Å². The van der Waals surface area contributed by atoms with Crippen LogP contribution in [0.3, 0.4) is 0 Å². The Balaban J connectivity index is 1.88. The number of furan rings is 1. The van der Waals surface area contributed by atoms with Crippen LogP contribution in [-0.4, -0.2) is 34.6 Å². The Bertz CT molecular complexity index is 502. The molecule has 0 aliphatic rings. The number of carbonyl (C=O) groups is 1. The van der Waals surface area contributed by atoms with E-state index in [0.29, 0.717) is 12.1 Å². The summed E-state index contributed by atoms with van der Waals surface area (Å²) in [6, 6.07) is 3.74. The van der Waals surface area contributed by atoms with Gasteiger partial charge in [0.1, 0.15) is 0 Å². The van der Waals surface area contributed by atoms with Crippen LogP contribution in [0.15, 0.2) is 35.2 Å². The molecule has 0 amide bonds. The fourth-order valence-electron chi connectivity index (χ4n) is 1.85. The minimum absolute atomic E-state index is 0.0310. The van der Waals surface area contributed by atoms with Crippen LogP contribution < -0.4 is 0 Å². The minimum atomic E-state index is -1.02. The Morgan fingerprint density at radius 3 is 3.00 bits per heavy atom. The summed E-state index contributed by atoms with van der Waals surface area (Å²) in [4.78, 5) is 16.0. The Labute approximate surface area is 105 Å². The molecule has 2 N–H and O–H groups in total. The highest BCUT2D eigenvalue weighted by molar-refractivity contribution is 5.86. The molecule has 0 fully saturated rings. The first-order valence-corrected chi connectivity index (χ1v) is 5.76. The number of hydrogen-bond acceptors (Lipinski definition) is 3. The second-order valence-electron chi connectivity index (χ2n) is 4.29. The van der Waals surface area contributed by atoms with Crippen molar-refractivity contribution in [2.45, 2.75) is 13.0 Å². The topological polar surface area (TPSA) is 69.5 Å². The first-order chi connectivity index (χ1) is 8.66. The summed E-state index contributed by atoms with van der Waals surface area (Å²) in [5, 5.41) is 8.93. The SMILES string of the molecule is CN(CCc1cc[nH]c1)Cc1ccoc1C(=O)O. The third kappa shape index (κ3) is 3.01. The van der Waals surface area contributed by atoms with Gasteiger partial charge in [-0.2, -0.15) is 0 Å². The predicted octanol–water partition coefficient (Wildman–Crippen LogP) is 1.98. The summed E-state index contributed by atoms with van der Waals surface area (Å²) >= 11 is 0. The zero-order valence-electron chi connectivity index (χ0n) is 10.2. The Morgan fingerprint density at radius 1 is 1.50 bits per heavy atom. The number of nitrogens with one attached hydrogen (secondary N) is 1. The Kier molecular flexibility index (Phi) is 3.84. The van der Waals surface area contributed by atoms with Crippen LogP contribution in [-0.2, 0) is 13.0 Å². The number of H-pyrrole nitrogens is 1. The first kappa shape index (κ1) is 12.4. The smallest absolute Gasteiger partial charge is 0.372 e. The highest BCUT2D eigenvalue weighted by Crippen LogP contribution is 2.13. The van der Waals surface area contributed by atoms with E-state index in [-0.39, 0.29) is 5.76 Å². The molecule has 0 radical (unpaired) electrons. The molecular formula is C13H16N2O3. The van der Waals surface area contributed by atoms with E-state index in [0.717, 1.165) is 13.0 Å². The Hall–Kier alpha value is -2.01. The van der Waals surface area contributed by atoms with Gasteiger partial charge in [0.15, 0.2) is 0 Å². The van der Waals surface area contributed by atoms with E-state index in [1.807, 2.05) is 25.5 Å². The molecule has 96 valence electrons. The lowest BCUT2D eigenvalue weighted by Crippen LogP contribution is -2.21. The van der Waals surface area contributed by atoms with Crippen LogP contribution >= 0.6 is 0 Å². The zero-order valence-corrected chi connectivity index (χ0v) is 10.2. The maximum atomic E-state index is 10.9. The summed E-state index contributed by atoms with van der Waals surface area (Å²) in [5.41, 5.74) is 1.95. The molecule has 2 aromatic rings. The quantitative estimate of drug-likeness (QED) is 0.820. The van der Waals surface area contributed by atoms with Crippen LogP contribution in [0.1, 0.15) is 21.7 Å². The van der Waals surface area contributed by atoms with Crippen molar-refractivity contribution in [2.75, 3.05) is 13.6 Å². The van der Waals surface area contributed by atoms with Crippen molar-refractivity contribution in [1.82, 2.24) is 9.88 Å². The molecule has 2 aromatic heterocycles. The number of likely N-dealkylation sites (N-methyl/N-ethyl adjacent to an activating group) is 1. The van der Waals surface area contributed by atoms with Crippen molar-refractivity contribution >= 4 is 5.97 Å². The molecule has 2 heterocycles. The van der Waals surface area contributed by atoms with E-state index in [1.165, 1.54) is 11.8 Å². The van der Waals surface area contributed by atoms with Crippen molar-refractivity contribution in [3.63, 3.8) is 0 Å². The average molecular weight is 248 g/mol. The van der Waals surface area contributed by atoms with Gasteiger partial charge in [-0.15, -0.1) is 0 Å². The second kappa shape index (κ2) is 5.55. The van der Waals surface area contributed by atoms with E-state index in [2.05, 4.69) is 9.88 Å². The molecule has 0 aromatic carbocycles. The van der Waals surface area contributed by atoms with Crippen LogP contribution in [0.4, 0.5) is 0 Å². The van der Waals surface area contributed by atoms with E-state index in [4.69, 9.17) is 9.52 Å². The van der Waals surface area contributed by atoms with Crippen LogP contribution in [0.2, 0.25) is 0 Å². The van der Waals surface area contributed by atoms with E-state index in [9.17, 15) is 4.79 Å². The van der Waals surface area contributed by atoms with Crippen LogP contribution in [0, 0.1) is 0 Å². The average Bonchev–Trinajstić information content (AvgIpc) is 2.96. The molecule has 5 nitrogen and oxygen atoms in total. The molecule has 0 bridgehead atoms. The van der Waals surface area contributed by atoms with E-state index in [1.54, 1.807) is 6.07 Å². The number of carboxylic acid groups (broad SMARTS) is 1. The van der Waals surface area contributed by atoms with Gasteiger partial charge in [0.25, 0.3) is 0 Å². The van der Waals surface area contributed by atoms with Crippen molar-refractivity contribution in [3.05, 3.63) is 47.7 Å². The summed E-state index contributed by atoms with van der Waals surface area (Å²) in [6.07, 6.45) is 6.21. The third-order valence-corrected chi connectivity index (χ3v) is 2.83. The number of rotatable bonds is 6. The number of aromatic amines is 1. The molecule has 0 aliphatic carbocycles. The van der Waals surface area contributed by atoms with Gasteiger partial charge in [-0.3, -0.25) is 0 Å². The maximum absolute atomic E-state index is 10.9. The van der Waals surface area contributed by atoms with Crippen molar-refractivity contribution in [3.8, 4) is 0 Å². The lowest BCUT2D eigenvalue weighted by molar-refractivity contribution is 0.0659. The number of aromatic carboxylic acids is 1. The van der Waals surface area contributed by atoms with Gasteiger partial charge >= 0.3 is 5.97 Å². The van der Waals surface area contributed by atoms with Crippen LogP contribution in [0.25, 0.3) is 0 Å². The fraction of sp³-hybridized carbons (Fsp3) is 0.308. The highest BCUT2D eigenvalue weighted by Gasteiger charge is 2.15. The normalized spacial score (nSPS) is 11.0. The molecule has 0 saturated heterocycles. The predicted molar refractivity (Wildman–Crippen MR) is 66.5 cm³/mol. The highest BCUT2D eigenvalue weighted by atomic mass is 16.4. The van der Waals surface area contributed by atoms with Gasteiger partial charge in [-0.05, 0) is 31.2 Å². The monoisotopic (exact) mass is 248 g/mol. The summed E-state index contributed by atoms with van der Waals surface area (Å²) < 4.78 is 4.95. The largest absolute Gasteiger partial charge is 0.475 e. The summed E-state index contributed by atoms with van der Waals surface area (Å²) in [5.74, 6) is -0.988. The third-order valence-electron chi connectivity index (χ3n) is 2.83. The number of nitrogens with zero attached hydrogens (tertiary/aromatic N) is 1. The molecular weight excluding hydrogens is 232 g/mol. The molecule has 0 aliphatic heterocycles. The van der Waals surface area contributed by atoms with Crippen molar-refractivity contribution in [1.29, 1.82) is 0 Å². The summed E-state index contributed by atoms with van der Waals surface area (Å²) in [6.45, 7) is 1.44.